The Morgan fingerprint density at radius 1 is 1.24 bits per heavy atom. The van der Waals surface area contributed by atoms with Gasteiger partial charge in [-0.05, 0) is 42.7 Å². The first-order chi connectivity index (χ1) is 10.0. The third kappa shape index (κ3) is 3.57. The lowest BCUT2D eigenvalue weighted by molar-refractivity contribution is -0.387. The Morgan fingerprint density at radius 2 is 1.90 bits per heavy atom. The fourth-order valence-electron chi connectivity index (χ4n) is 1.68. The van der Waals surface area contributed by atoms with Gasteiger partial charge in [-0.15, -0.1) is 11.8 Å². The number of nitrogens with zero attached hydrogens (tertiary/aromatic N) is 1. The van der Waals surface area contributed by atoms with Crippen molar-refractivity contribution in [3.05, 3.63) is 64.0 Å². The first-order valence-electron chi connectivity index (χ1n) is 5.90. The molecule has 0 unspecified atom stereocenters. The molecule has 2 aromatic carbocycles. The van der Waals surface area contributed by atoms with E-state index in [1.165, 1.54) is 6.07 Å². The van der Waals surface area contributed by atoms with Crippen molar-refractivity contribution < 1.29 is 14.1 Å². The molecule has 2 rings (SSSR count). The highest BCUT2D eigenvalue weighted by atomic mass is 32.2. The standard InChI is InChI=1S/C14H11FN2O3S/c1-21-11-5-2-9(3-6-11)14(18)16-10-4-7-12(15)13(8-10)17(19)20/h2-8H,1H3,(H,16,18). The smallest absolute Gasteiger partial charge is 0.306 e. The number of hydrogen-bond donors (Lipinski definition) is 1. The van der Waals surface area contributed by atoms with Crippen LogP contribution in [0, 0.1) is 15.9 Å². The van der Waals surface area contributed by atoms with E-state index < -0.39 is 22.3 Å². The van der Waals surface area contributed by atoms with Crippen LogP contribution in [0.25, 0.3) is 0 Å². The molecule has 7 heteroatoms. The molecule has 0 saturated heterocycles. The summed E-state index contributed by atoms with van der Waals surface area (Å²) < 4.78 is 13.2. The number of nitro groups is 1. The molecular weight excluding hydrogens is 295 g/mol. The minimum Gasteiger partial charge on any atom is -0.322 e. The van der Waals surface area contributed by atoms with E-state index in [1.807, 2.05) is 6.26 Å². The van der Waals surface area contributed by atoms with Crippen LogP contribution in [0.1, 0.15) is 10.4 Å². The fourth-order valence-corrected chi connectivity index (χ4v) is 2.08. The lowest BCUT2D eigenvalue weighted by atomic mass is 10.2. The van der Waals surface area contributed by atoms with Crippen LogP contribution in [0.3, 0.4) is 0 Å². The molecule has 1 amide bonds. The number of halogens is 1. The van der Waals surface area contributed by atoms with Crippen molar-refractivity contribution in [1.82, 2.24) is 0 Å². The largest absolute Gasteiger partial charge is 0.322 e. The minimum atomic E-state index is -0.942. The number of nitro benzene ring substituents is 1. The Kier molecular flexibility index (Phi) is 4.54. The number of carbonyl (C=O) groups excluding carboxylic acids is 1. The van der Waals surface area contributed by atoms with Crippen molar-refractivity contribution in [3.8, 4) is 0 Å². The van der Waals surface area contributed by atoms with Gasteiger partial charge < -0.3 is 5.32 Å². The van der Waals surface area contributed by atoms with E-state index >= 15 is 0 Å². The zero-order valence-electron chi connectivity index (χ0n) is 11.0. The predicted molar refractivity (Wildman–Crippen MR) is 79.2 cm³/mol. The van der Waals surface area contributed by atoms with Crippen molar-refractivity contribution >= 4 is 29.0 Å². The van der Waals surface area contributed by atoms with E-state index in [2.05, 4.69) is 5.32 Å². The Morgan fingerprint density at radius 3 is 2.48 bits per heavy atom. The lowest BCUT2D eigenvalue weighted by Gasteiger charge is -2.06. The molecule has 0 aliphatic rings. The first kappa shape index (κ1) is 15.0. The Labute approximate surface area is 124 Å². The summed E-state index contributed by atoms with van der Waals surface area (Å²) in [5, 5.41) is 13.2. The van der Waals surface area contributed by atoms with Crippen molar-refractivity contribution in [3.63, 3.8) is 0 Å². The monoisotopic (exact) mass is 306 g/mol. The van der Waals surface area contributed by atoms with Crippen LogP contribution >= 0.6 is 11.8 Å². The first-order valence-corrected chi connectivity index (χ1v) is 7.13. The van der Waals surface area contributed by atoms with E-state index in [0.29, 0.717) is 5.56 Å². The molecule has 0 bridgehead atoms. The van der Waals surface area contributed by atoms with E-state index in [1.54, 1.807) is 36.0 Å². The van der Waals surface area contributed by atoms with Gasteiger partial charge in [-0.25, -0.2) is 0 Å². The van der Waals surface area contributed by atoms with Gasteiger partial charge in [-0.2, -0.15) is 4.39 Å². The molecule has 108 valence electrons. The molecule has 0 aromatic heterocycles. The third-order valence-corrected chi connectivity index (χ3v) is 3.50. The molecule has 0 radical (unpaired) electrons. The molecule has 0 heterocycles. The summed E-state index contributed by atoms with van der Waals surface area (Å²) in [5.74, 6) is -1.36. The molecular formula is C14H11FN2O3S. The van der Waals surface area contributed by atoms with Crippen LogP contribution in [0.15, 0.2) is 47.4 Å². The SMILES string of the molecule is CSc1ccc(C(=O)Nc2ccc(F)c([N+](=O)[O-])c2)cc1. The molecule has 5 nitrogen and oxygen atoms in total. The maximum absolute atomic E-state index is 13.2. The number of anilines is 1. The number of hydrogen-bond acceptors (Lipinski definition) is 4. The maximum atomic E-state index is 13.2. The van der Waals surface area contributed by atoms with E-state index in [0.717, 1.165) is 17.0 Å². The van der Waals surface area contributed by atoms with Gasteiger partial charge in [0.1, 0.15) is 0 Å². The van der Waals surface area contributed by atoms with Crippen LogP contribution in [-0.2, 0) is 0 Å². The average molecular weight is 306 g/mol. The third-order valence-electron chi connectivity index (χ3n) is 2.75. The maximum Gasteiger partial charge on any atom is 0.306 e. The highest BCUT2D eigenvalue weighted by Crippen LogP contribution is 2.22. The normalized spacial score (nSPS) is 10.2. The van der Waals surface area contributed by atoms with Crippen LogP contribution in [0.4, 0.5) is 15.8 Å². The van der Waals surface area contributed by atoms with Crippen LogP contribution in [0.2, 0.25) is 0 Å². The molecule has 21 heavy (non-hydrogen) atoms. The second kappa shape index (κ2) is 6.36. The van der Waals surface area contributed by atoms with Gasteiger partial charge in [0.15, 0.2) is 0 Å². The second-order valence-electron chi connectivity index (χ2n) is 4.11. The number of thioether (sulfide) groups is 1. The molecule has 1 N–H and O–H groups in total. The van der Waals surface area contributed by atoms with Gasteiger partial charge >= 0.3 is 5.69 Å². The molecule has 0 saturated carbocycles. The van der Waals surface area contributed by atoms with Crippen molar-refractivity contribution in [1.29, 1.82) is 0 Å². The summed E-state index contributed by atoms with van der Waals surface area (Å²) in [4.78, 5) is 22.8. The van der Waals surface area contributed by atoms with E-state index in [9.17, 15) is 19.3 Å². The lowest BCUT2D eigenvalue weighted by Crippen LogP contribution is -2.12. The summed E-state index contributed by atoms with van der Waals surface area (Å²) in [5.41, 5.74) is -0.0904. The Balaban J connectivity index is 2.19. The molecule has 0 fully saturated rings. The zero-order chi connectivity index (χ0) is 15.4. The number of carbonyl (C=O) groups is 1. The fraction of sp³-hybridized carbons (Fsp3) is 0.0714. The van der Waals surface area contributed by atoms with Gasteiger partial charge in [0.05, 0.1) is 4.92 Å². The average Bonchev–Trinajstić information content (AvgIpc) is 2.49. The highest BCUT2D eigenvalue weighted by molar-refractivity contribution is 7.98. The topological polar surface area (TPSA) is 72.2 Å². The number of nitrogens with one attached hydrogen (secondary N) is 1. The van der Waals surface area contributed by atoms with Crippen molar-refractivity contribution in [2.45, 2.75) is 4.90 Å². The van der Waals surface area contributed by atoms with Crippen molar-refractivity contribution in [2.75, 3.05) is 11.6 Å². The summed E-state index contributed by atoms with van der Waals surface area (Å²) in [6.45, 7) is 0. The summed E-state index contributed by atoms with van der Waals surface area (Å²) in [7, 11) is 0. The minimum absolute atomic E-state index is 0.169. The van der Waals surface area contributed by atoms with Gasteiger partial charge in [-0.1, -0.05) is 0 Å². The van der Waals surface area contributed by atoms with Crippen molar-refractivity contribution in [2.24, 2.45) is 0 Å². The quantitative estimate of drug-likeness (QED) is 0.531. The van der Waals surface area contributed by atoms with Gasteiger partial charge in [0.2, 0.25) is 5.82 Å². The number of benzene rings is 2. The number of rotatable bonds is 4. The van der Waals surface area contributed by atoms with Gasteiger partial charge in [0, 0.05) is 22.2 Å². The Hall–Kier alpha value is -2.41. The van der Waals surface area contributed by atoms with Crippen LogP contribution < -0.4 is 5.32 Å². The van der Waals surface area contributed by atoms with Gasteiger partial charge in [0.25, 0.3) is 5.91 Å². The summed E-state index contributed by atoms with van der Waals surface area (Å²) in [6.07, 6.45) is 1.92. The van der Waals surface area contributed by atoms with E-state index in [4.69, 9.17) is 0 Å². The zero-order valence-corrected chi connectivity index (χ0v) is 11.8. The van der Waals surface area contributed by atoms with E-state index in [-0.39, 0.29) is 5.69 Å². The van der Waals surface area contributed by atoms with Gasteiger partial charge in [-0.3, -0.25) is 14.9 Å². The highest BCUT2D eigenvalue weighted by Gasteiger charge is 2.15. The molecule has 0 spiro atoms. The van der Waals surface area contributed by atoms with Crippen LogP contribution in [0.5, 0.6) is 0 Å². The Bertz CT molecular complexity index is 689. The predicted octanol–water partition coefficient (Wildman–Crippen LogP) is 3.71. The molecule has 0 aliphatic carbocycles. The molecule has 0 atom stereocenters. The number of amides is 1. The second-order valence-corrected chi connectivity index (χ2v) is 4.99. The van der Waals surface area contributed by atoms with Crippen LogP contribution in [-0.4, -0.2) is 17.1 Å². The molecule has 0 aliphatic heterocycles. The summed E-state index contributed by atoms with van der Waals surface area (Å²) >= 11 is 1.55. The summed E-state index contributed by atoms with van der Waals surface area (Å²) in [6, 6.07) is 10.1. The molecule has 2 aromatic rings.